The van der Waals surface area contributed by atoms with Crippen molar-refractivity contribution in [3.8, 4) is 11.5 Å². The van der Waals surface area contributed by atoms with Crippen LogP contribution in [0.2, 0.25) is 0 Å². The lowest BCUT2D eigenvalue weighted by Gasteiger charge is -2.37. The molecule has 0 N–H and O–H groups in total. The summed E-state index contributed by atoms with van der Waals surface area (Å²) in [5.41, 5.74) is 0. The third kappa shape index (κ3) is 8.72. The highest BCUT2D eigenvalue weighted by atomic mass is 32.1. The van der Waals surface area contributed by atoms with Crippen molar-refractivity contribution in [2.75, 3.05) is 50.9 Å². The Morgan fingerprint density at radius 1 is 0.676 bits per heavy atom. The summed E-state index contributed by atoms with van der Waals surface area (Å²) in [4.78, 5) is 4.06. The van der Waals surface area contributed by atoms with Gasteiger partial charge in [-0.1, -0.05) is 36.4 Å². The molecule has 2 aromatic rings. The van der Waals surface area contributed by atoms with E-state index in [-0.39, 0.29) is 12.2 Å². The number of para-hydroxylation sites is 2. The topological polar surface area (TPSA) is 43.4 Å². The molecular weight excluding hydrogens is 509 g/mol. The van der Waals surface area contributed by atoms with E-state index in [0.29, 0.717) is 61.2 Å². The van der Waals surface area contributed by atoms with E-state index in [2.05, 4.69) is 25.3 Å². The summed E-state index contributed by atoms with van der Waals surface area (Å²) >= 11 is 19.8. The van der Waals surface area contributed by atoms with Crippen LogP contribution in [0.25, 0.3) is 0 Å². The predicted octanol–water partition coefficient (Wildman–Crippen LogP) is 3.96. The first-order valence-corrected chi connectivity index (χ1v) is 13.2. The predicted molar refractivity (Wildman–Crippen MR) is 150 cm³/mol. The molecule has 0 bridgehead atoms. The summed E-state index contributed by atoms with van der Waals surface area (Å²) in [5.74, 6) is 2.58. The van der Waals surface area contributed by atoms with E-state index in [1.807, 2.05) is 70.5 Å². The number of ether oxygens (including phenoxy) is 4. The normalized spacial score (nSPS) is 15.2. The molecule has 1 aliphatic heterocycles. The third-order valence-electron chi connectivity index (χ3n) is 5.10. The van der Waals surface area contributed by atoms with Gasteiger partial charge in [-0.15, -0.1) is 0 Å². The first-order valence-electron chi connectivity index (χ1n) is 11.1. The molecule has 1 aliphatic rings. The third-order valence-corrected chi connectivity index (χ3v) is 6.62. The van der Waals surface area contributed by atoms with Gasteiger partial charge in [-0.25, -0.2) is 0 Å². The van der Waals surface area contributed by atoms with Crippen LogP contribution >= 0.6 is 49.7 Å². The standard InChI is InChI=1S/C24H30N2O4S4/c31-17-21(15-27-19-7-3-1-4-8-19)29-23(33)25-11-13-26(14-12-25)24(34)30-22(18-32)16-28-20-9-5-2-6-10-20/h1-10,21-22,31-32H,11-18H2. The van der Waals surface area contributed by atoms with Crippen molar-refractivity contribution in [3.63, 3.8) is 0 Å². The molecule has 0 radical (unpaired) electrons. The van der Waals surface area contributed by atoms with Crippen LogP contribution in [0.4, 0.5) is 0 Å². The smallest absolute Gasteiger partial charge is 0.259 e. The molecule has 0 aliphatic carbocycles. The van der Waals surface area contributed by atoms with Gasteiger partial charge < -0.3 is 28.7 Å². The van der Waals surface area contributed by atoms with Gasteiger partial charge in [-0.2, -0.15) is 25.3 Å². The van der Waals surface area contributed by atoms with E-state index < -0.39 is 0 Å². The fourth-order valence-corrected chi connectivity index (χ4v) is 4.16. The lowest BCUT2D eigenvalue weighted by Crippen LogP contribution is -2.52. The Morgan fingerprint density at radius 3 is 1.35 bits per heavy atom. The minimum atomic E-state index is -0.237. The highest BCUT2D eigenvalue weighted by Crippen LogP contribution is 2.14. The molecule has 0 aromatic heterocycles. The van der Waals surface area contributed by atoms with Gasteiger partial charge in [0.1, 0.15) is 36.9 Å². The largest absolute Gasteiger partial charge is 0.490 e. The maximum atomic E-state index is 5.96. The molecule has 1 fully saturated rings. The highest BCUT2D eigenvalue weighted by molar-refractivity contribution is 7.80. The van der Waals surface area contributed by atoms with Gasteiger partial charge in [0, 0.05) is 37.7 Å². The molecule has 0 amide bonds. The Kier molecular flexibility index (Phi) is 11.4. The van der Waals surface area contributed by atoms with Crippen LogP contribution < -0.4 is 9.47 Å². The zero-order chi connectivity index (χ0) is 24.2. The minimum Gasteiger partial charge on any atom is -0.490 e. The van der Waals surface area contributed by atoms with E-state index >= 15 is 0 Å². The molecule has 2 unspecified atom stereocenters. The number of rotatable bonds is 10. The molecule has 2 aromatic carbocycles. The Labute approximate surface area is 223 Å². The van der Waals surface area contributed by atoms with E-state index in [1.54, 1.807) is 0 Å². The zero-order valence-electron chi connectivity index (χ0n) is 18.8. The van der Waals surface area contributed by atoms with Crippen LogP contribution in [0.5, 0.6) is 11.5 Å². The van der Waals surface area contributed by atoms with Crippen LogP contribution in [0.1, 0.15) is 0 Å². The van der Waals surface area contributed by atoms with Crippen molar-refractivity contribution in [2.45, 2.75) is 12.2 Å². The molecule has 6 nitrogen and oxygen atoms in total. The summed E-state index contributed by atoms with van der Waals surface area (Å²) in [6, 6.07) is 19.2. The van der Waals surface area contributed by atoms with Gasteiger partial charge in [0.25, 0.3) is 10.3 Å². The molecule has 3 rings (SSSR count). The fraction of sp³-hybridized carbons (Fsp3) is 0.417. The molecule has 0 spiro atoms. The summed E-state index contributed by atoms with van der Waals surface area (Å²) < 4.78 is 23.5. The second kappa shape index (κ2) is 14.5. The summed E-state index contributed by atoms with van der Waals surface area (Å²) in [5, 5.41) is 0.901. The van der Waals surface area contributed by atoms with Crippen LogP contribution in [0, 0.1) is 0 Å². The number of hydrogen-bond acceptors (Lipinski definition) is 8. The summed E-state index contributed by atoms with van der Waals surface area (Å²) in [7, 11) is 0. The van der Waals surface area contributed by atoms with Gasteiger partial charge in [-0.3, -0.25) is 0 Å². The van der Waals surface area contributed by atoms with E-state index in [0.717, 1.165) is 11.5 Å². The molecule has 184 valence electrons. The van der Waals surface area contributed by atoms with Crippen molar-refractivity contribution in [1.82, 2.24) is 9.80 Å². The maximum Gasteiger partial charge on any atom is 0.259 e. The van der Waals surface area contributed by atoms with Crippen LogP contribution in [-0.2, 0) is 9.47 Å². The second-order valence-electron chi connectivity index (χ2n) is 7.60. The highest BCUT2D eigenvalue weighted by Gasteiger charge is 2.25. The molecule has 0 saturated carbocycles. The lowest BCUT2D eigenvalue weighted by molar-refractivity contribution is 0.0946. The second-order valence-corrected chi connectivity index (χ2v) is 9.03. The molecule has 1 heterocycles. The maximum absolute atomic E-state index is 5.96. The average molecular weight is 539 g/mol. The Balaban J connectivity index is 1.38. The Hall–Kier alpha value is -1.88. The number of thiocarbonyl (C=S) groups is 2. The van der Waals surface area contributed by atoms with Crippen LogP contribution in [-0.4, -0.2) is 83.3 Å². The van der Waals surface area contributed by atoms with Crippen molar-refractivity contribution in [1.29, 1.82) is 0 Å². The molecule has 10 heteroatoms. The SMILES string of the molecule is S=C(OC(CS)COc1ccccc1)N1CCN(C(=S)OC(CS)COc2ccccc2)CC1. The molecule has 34 heavy (non-hydrogen) atoms. The number of nitrogens with zero attached hydrogens (tertiary/aromatic N) is 2. The first kappa shape index (κ1) is 26.7. The van der Waals surface area contributed by atoms with E-state index in [1.165, 1.54) is 0 Å². The number of thiol groups is 2. The van der Waals surface area contributed by atoms with Crippen molar-refractivity contribution >= 4 is 60.0 Å². The van der Waals surface area contributed by atoms with Crippen molar-refractivity contribution in [2.24, 2.45) is 0 Å². The average Bonchev–Trinajstić information content (AvgIpc) is 2.90. The van der Waals surface area contributed by atoms with Crippen LogP contribution in [0.15, 0.2) is 60.7 Å². The quantitative estimate of drug-likeness (QED) is 0.348. The van der Waals surface area contributed by atoms with Gasteiger partial charge in [0.2, 0.25) is 0 Å². The minimum absolute atomic E-state index is 0.237. The first-order chi connectivity index (χ1) is 16.6. The Bertz CT molecular complexity index is 810. The van der Waals surface area contributed by atoms with Crippen molar-refractivity contribution in [3.05, 3.63) is 60.7 Å². The van der Waals surface area contributed by atoms with Gasteiger partial charge >= 0.3 is 0 Å². The Morgan fingerprint density at radius 2 is 1.03 bits per heavy atom. The van der Waals surface area contributed by atoms with Gasteiger partial charge in [-0.05, 0) is 48.7 Å². The molecule has 2 atom stereocenters. The number of piperazine rings is 1. The monoisotopic (exact) mass is 538 g/mol. The molecular formula is C24H30N2O4S4. The van der Waals surface area contributed by atoms with Crippen molar-refractivity contribution < 1.29 is 18.9 Å². The van der Waals surface area contributed by atoms with Crippen LogP contribution in [0.3, 0.4) is 0 Å². The molecule has 1 saturated heterocycles. The summed E-state index contributed by atoms with van der Waals surface area (Å²) in [6.45, 7) is 3.50. The zero-order valence-corrected chi connectivity index (χ0v) is 22.2. The fourth-order valence-electron chi connectivity index (χ4n) is 3.17. The number of benzene rings is 2. The lowest BCUT2D eigenvalue weighted by atomic mass is 10.3. The number of hydrogen-bond donors (Lipinski definition) is 2. The van der Waals surface area contributed by atoms with Gasteiger partial charge in [0.15, 0.2) is 0 Å². The van der Waals surface area contributed by atoms with E-state index in [9.17, 15) is 0 Å². The van der Waals surface area contributed by atoms with Gasteiger partial charge in [0.05, 0.1) is 0 Å². The van der Waals surface area contributed by atoms with E-state index in [4.69, 9.17) is 43.4 Å². The summed E-state index contributed by atoms with van der Waals surface area (Å²) in [6.07, 6.45) is -0.474.